The van der Waals surface area contributed by atoms with Gasteiger partial charge in [0.2, 0.25) is 0 Å². The molecule has 0 atom stereocenters. The zero-order valence-corrected chi connectivity index (χ0v) is 9.74. The van der Waals surface area contributed by atoms with Gasteiger partial charge in [0, 0.05) is 23.6 Å². The number of rotatable bonds is 2. The van der Waals surface area contributed by atoms with Crippen LogP contribution in [0.4, 0.5) is 0 Å². The molecule has 1 aromatic carbocycles. The van der Waals surface area contributed by atoms with Crippen LogP contribution in [-0.4, -0.2) is 15.6 Å². The second-order valence-corrected chi connectivity index (χ2v) is 4.09. The molecular weight excluding hydrogens is 202 g/mol. The molecular formula is C13H15NO2. The minimum absolute atomic E-state index is 0.389. The topological polar surface area (TPSA) is 42.2 Å². The molecule has 0 unspecified atom stereocenters. The quantitative estimate of drug-likeness (QED) is 0.840. The SMILES string of the molecule is CCn1cc(C(=O)O)c2cc(C)c(C)cc21. The molecule has 16 heavy (non-hydrogen) atoms. The summed E-state index contributed by atoms with van der Waals surface area (Å²) in [5, 5.41) is 9.97. The van der Waals surface area contributed by atoms with Crippen LogP contribution in [-0.2, 0) is 6.54 Å². The van der Waals surface area contributed by atoms with Gasteiger partial charge in [0.1, 0.15) is 0 Å². The van der Waals surface area contributed by atoms with Crippen molar-refractivity contribution in [3.63, 3.8) is 0 Å². The Bertz CT molecular complexity index is 567. The number of carbonyl (C=O) groups is 1. The first-order valence-electron chi connectivity index (χ1n) is 5.38. The maximum Gasteiger partial charge on any atom is 0.337 e. The molecule has 0 amide bonds. The molecule has 3 heteroatoms. The van der Waals surface area contributed by atoms with E-state index < -0.39 is 5.97 Å². The Balaban J connectivity index is 2.85. The normalized spacial score (nSPS) is 10.9. The van der Waals surface area contributed by atoms with E-state index in [2.05, 4.69) is 6.07 Å². The van der Waals surface area contributed by atoms with Crippen molar-refractivity contribution < 1.29 is 9.90 Å². The van der Waals surface area contributed by atoms with Crippen LogP contribution in [0.1, 0.15) is 28.4 Å². The average molecular weight is 217 g/mol. The minimum atomic E-state index is -0.861. The van der Waals surface area contributed by atoms with E-state index in [0.717, 1.165) is 23.0 Å². The van der Waals surface area contributed by atoms with Crippen LogP contribution < -0.4 is 0 Å². The Morgan fingerprint density at radius 1 is 1.31 bits per heavy atom. The monoisotopic (exact) mass is 217 g/mol. The Labute approximate surface area is 94.3 Å². The third-order valence-corrected chi connectivity index (χ3v) is 3.07. The van der Waals surface area contributed by atoms with Crippen molar-refractivity contribution in [3.8, 4) is 0 Å². The molecule has 1 heterocycles. The first-order valence-corrected chi connectivity index (χ1v) is 5.38. The van der Waals surface area contributed by atoms with Gasteiger partial charge in [-0.3, -0.25) is 0 Å². The largest absolute Gasteiger partial charge is 0.478 e. The Morgan fingerprint density at radius 2 is 1.94 bits per heavy atom. The molecule has 0 spiro atoms. The highest BCUT2D eigenvalue weighted by Crippen LogP contribution is 2.25. The number of hydrogen-bond acceptors (Lipinski definition) is 1. The van der Waals surface area contributed by atoms with Crippen LogP contribution in [0.5, 0.6) is 0 Å². The molecule has 0 aliphatic heterocycles. The van der Waals surface area contributed by atoms with E-state index >= 15 is 0 Å². The molecule has 0 bridgehead atoms. The number of nitrogens with zero attached hydrogens (tertiary/aromatic N) is 1. The molecule has 0 radical (unpaired) electrons. The molecule has 0 saturated carbocycles. The van der Waals surface area contributed by atoms with Crippen molar-refractivity contribution in [2.75, 3.05) is 0 Å². The van der Waals surface area contributed by atoms with Crippen LogP contribution >= 0.6 is 0 Å². The molecule has 0 saturated heterocycles. The lowest BCUT2D eigenvalue weighted by Gasteiger charge is -2.04. The van der Waals surface area contributed by atoms with E-state index in [1.807, 2.05) is 31.4 Å². The van der Waals surface area contributed by atoms with Crippen LogP contribution in [0.25, 0.3) is 10.9 Å². The second-order valence-electron chi connectivity index (χ2n) is 4.09. The summed E-state index contributed by atoms with van der Waals surface area (Å²) in [6.45, 7) is 6.85. The predicted octanol–water partition coefficient (Wildman–Crippen LogP) is 2.98. The number of carboxylic acids is 1. The van der Waals surface area contributed by atoms with Gasteiger partial charge in [0.25, 0.3) is 0 Å². The summed E-state index contributed by atoms with van der Waals surface area (Å²) < 4.78 is 1.98. The van der Waals surface area contributed by atoms with Gasteiger partial charge >= 0.3 is 5.97 Å². The van der Waals surface area contributed by atoms with Gasteiger partial charge in [-0.25, -0.2) is 4.79 Å². The van der Waals surface area contributed by atoms with Crippen LogP contribution in [0.15, 0.2) is 18.3 Å². The lowest BCUT2D eigenvalue weighted by Crippen LogP contribution is -1.94. The Morgan fingerprint density at radius 3 is 2.50 bits per heavy atom. The van der Waals surface area contributed by atoms with Crippen molar-refractivity contribution >= 4 is 16.9 Å². The smallest absolute Gasteiger partial charge is 0.337 e. The van der Waals surface area contributed by atoms with Gasteiger partial charge in [-0.1, -0.05) is 0 Å². The van der Waals surface area contributed by atoms with Gasteiger partial charge in [0.15, 0.2) is 0 Å². The second kappa shape index (κ2) is 3.67. The number of aromatic nitrogens is 1. The summed E-state index contributed by atoms with van der Waals surface area (Å²) in [4.78, 5) is 11.1. The van der Waals surface area contributed by atoms with E-state index in [1.165, 1.54) is 5.56 Å². The van der Waals surface area contributed by atoms with E-state index in [4.69, 9.17) is 5.11 Å². The maximum atomic E-state index is 11.1. The molecule has 1 aromatic heterocycles. The Kier molecular flexibility index (Phi) is 2.46. The summed E-state index contributed by atoms with van der Waals surface area (Å²) in [5.41, 5.74) is 3.71. The zero-order valence-electron chi connectivity index (χ0n) is 9.74. The fraction of sp³-hybridized carbons (Fsp3) is 0.308. The van der Waals surface area contributed by atoms with Crippen molar-refractivity contribution in [1.82, 2.24) is 4.57 Å². The fourth-order valence-electron chi connectivity index (χ4n) is 1.98. The highest BCUT2D eigenvalue weighted by Gasteiger charge is 2.14. The third kappa shape index (κ3) is 1.48. The highest BCUT2D eigenvalue weighted by molar-refractivity contribution is 6.03. The standard InChI is InChI=1S/C13H15NO2/c1-4-14-7-11(13(15)16)10-5-8(2)9(3)6-12(10)14/h5-7H,4H2,1-3H3,(H,15,16). The first-order chi connectivity index (χ1) is 7.54. The molecule has 3 nitrogen and oxygen atoms in total. The molecule has 1 N–H and O–H groups in total. The summed E-state index contributed by atoms with van der Waals surface area (Å²) in [6.07, 6.45) is 1.71. The molecule has 0 aliphatic rings. The Hall–Kier alpha value is -1.77. The number of carboxylic acid groups (broad SMARTS) is 1. The lowest BCUT2D eigenvalue weighted by atomic mass is 10.1. The third-order valence-electron chi connectivity index (χ3n) is 3.07. The van der Waals surface area contributed by atoms with Gasteiger partial charge in [-0.05, 0) is 44.0 Å². The summed E-state index contributed by atoms with van der Waals surface area (Å²) in [7, 11) is 0. The van der Waals surface area contributed by atoms with E-state index in [-0.39, 0.29) is 0 Å². The van der Waals surface area contributed by atoms with E-state index in [0.29, 0.717) is 5.56 Å². The van der Waals surface area contributed by atoms with Gasteiger partial charge in [0.05, 0.1) is 5.56 Å². The van der Waals surface area contributed by atoms with Crippen molar-refractivity contribution in [2.24, 2.45) is 0 Å². The lowest BCUT2D eigenvalue weighted by molar-refractivity contribution is 0.0699. The number of aryl methyl sites for hydroxylation is 3. The number of hydrogen-bond donors (Lipinski definition) is 1. The summed E-state index contributed by atoms with van der Waals surface area (Å²) in [5.74, 6) is -0.861. The number of benzene rings is 1. The van der Waals surface area contributed by atoms with Crippen LogP contribution in [0.2, 0.25) is 0 Å². The molecule has 2 aromatic rings. The first kappa shape index (κ1) is 10.7. The van der Waals surface area contributed by atoms with Crippen molar-refractivity contribution in [1.29, 1.82) is 0 Å². The van der Waals surface area contributed by atoms with E-state index in [1.54, 1.807) is 6.20 Å². The summed E-state index contributed by atoms with van der Waals surface area (Å²) in [6, 6.07) is 4.01. The van der Waals surface area contributed by atoms with Crippen LogP contribution in [0.3, 0.4) is 0 Å². The van der Waals surface area contributed by atoms with Crippen molar-refractivity contribution in [3.05, 3.63) is 35.0 Å². The van der Waals surface area contributed by atoms with E-state index in [9.17, 15) is 4.79 Å². The molecule has 2 rings (SSSR count). The van der Waals surface area contributed by atoms with Gasteiger partial charge in [-0.15, -0.1) is 0 Å². The summed E-state index contributed by atoms with van der Waals surface area (Å²) >= 11 is 0. The zero-order chi connectivity index (χ0) is 11.9. The predicted molar refractivity (Wildman–Crippen MR) is 64.0 cm³/mol. The van der Waals surface area contributed by atoms with Gasteiger partial charge < -0.3 is 9.67 Å². The molecule has 0 fully saturated rings. The maximum absolute atomic E-state index is 11.1. The van der Waals surface area contributed by atoms with Gasteiger partial charge in [-0.2, -0.15) is 0 Å². The number of aromatic carboxylic acids is 1. The minimum Gasteiger partial charge on any atom is -0.478 e. The highest BCUT2D eigenvalue weighted by atomic mass is 16.4. The molecule has 84 valence electrons. The average Bonchev–Trinajstić information content (AvgIpc) is 2.57. The van der Waals surface area contributed by atoms with Crippen LogP contribution in [0, 0.1) is 13.8 Å². The molecule has 0 aliphatic carbocycles. The fourth-order valence-corrected chi connectivity index (χ4v) is 1.98. The number of fused-ring (bicyclic) bond motifs is 1. The van der Waals surface area contributed by atoms with Crippen molar-refractivity contribution in [2.45, 2.75) is 27.3 Å².